The molecular formula is C14H9ClINO. The van der Waals surface area contributed by atoms with E-state index in [9.17, 15) is 0 Å². The molecule has 18 heavy (non-hydrogen) atoms. The summed E-state index contributed by atoms with van der Waals surface area (Å²) in [6, 6.07) is 15.0. The summed E-state index contributed by atoms with van der Waals surface area (Å²) in [6.45, 7) is 0.418. The normalized spacial score (nSPS) is 9.83. The first kappa shape index (κ1) is 13.2. The van der Waals surface area contributed by atoms with Crippen molar-refractivity contribution in [2.45, 2.75) is 6.61 Å². The van der Waals surface area contributed by atoms with Gasteiger partial charge in [-0.15, -0.1) is 0 Å². The molecule has 0 bridgehead atoms. The SMILES string of the molecule is N#Cc1ccc(OCc2ccccc2Cl)c(I)c1. The first-order chi connectivity index (χ1) is 8.70. The van der Waals surface area contributed by atoms with Crippen LogP contribution in [-0.2, 0) is 6.61 Å². The van der Waals surface area contributed by atoms with Gasteiger partial charge in [0.1, 0.15) is 12.4 Å². The molecule has 0 spiro atoms. The smallest absolute Gasteiger partial charge is 0.133 e. The molecule has 4 heteroatoms. The number of benzene rings is 2. The zero-order chi connectivity index (χ0) is 13.0. The number of nitriles is 1. The Kier molecular flexibility index (Phi) is 4.45. The fourth-order valence-corrected chi connectivity index (χ4v) is 2.32. The third-order valence-corrected chi connectivity index (χ3v) is 3.61. The highest BCUT2D eigenvalue weighted by atomic mass is 127. The maximum atomic E-state index is 8.79. The average Bonchev–Trinajstić information content (AvgIpc) is 2.39. The standard InChI is InChI=1S/C14H9ClINO/c15-12-4-2-1-3-11(12)9-18-14-6-5-10(8-17)7-13(14)16/h1-7H,9H2. The minimum Gasteiger partial charge on any atom is -0.488 e. The minimum atomic E-state index is 0.418. The van der Waals surface area contributed by atoms with E-state index in [-0.39, 0.29) is 0 Å². The molecule has 0 atom stereocenters. The van der Waals surface area contributed by atoms with Crippen molar-refractivity contribution in [2.24, 2.45) is 0 Å². The molecule has 2 rings (SSSR count). The fraction of sp³-hybridized carbons (Fsp3) is 0.0714. The van der Waals surface area contributed by atoms with Crippen molar-refractivity contribution in [1.82, 2.24) is 0 Å². The maximum Gasteiger partial charge on any atom is 0.133 e. The molecule has 2 aromatic carbocycles. The second kappa shape index (κ2) is 6.07. The van der Waals surface area contributed by atoms with Crippen molar-refractivity contribution in [3.63, 3.8) is 0 Å². The van der Waals surface area contributed by atoms with Gasteiger partial charge in [0, 0.05) is 10.6 Å². The van der Waals surface area contributed by atoms with Crippen molar-refractivity contribution in [3.8, 4) is 11.8 Å². The lowest BCUT2D eigenvalue weighted by Crippen LogP contribution is -1.97. The van der Waals surface area contributed by atoms with Crippen LogP contribution in [-0.4, -0.2) is 0 Å². The third-order valence-electron chi connectivity index (χ3n) is 2.40. The number of ether oxygens (including phenoxy) is 1. The van der Waals surface area contributed by atoms with E-state index >= 15 is 0 Å². The Hall–Kier alpha value is -1.25. The van der Waals surface area contributed by atoms with Crippen LogP contribution in [0.2, 0.25) is 5.02 Å². The zero-order valence-electron chi connectivity index (χ0n) is 9.36. The average molecular weight is 370 g/mol. The van der Waals surface area contributed by atoms with E-state index < -0.39 is 0 Å². The van der Waals surface area contributed by atoms with E-state index in [1.807, 2.05) is 24.3 Å². The van der Waals surface area contributed by atoms with Gasteiger partial charge in [-0.05, 0) is 46.9 Å². The van der Waals surface area contributed by atoms with Crippen LogP contribution in [0.5, 0.6) is 5.75 Å². The van der Waals surface area contributed by atoms with Crippen LogP contribution in [0, 0.1) is 14.9 Å². The molecule has 0 N–H and O–H groups in total. The molecule has 90 valence electrons. The summed E-state index contributed by atoms with van der Waals surface area (Å²) >= 11 is 8.20. The second-order valence-corrected chi connectivity index (χ2v) is 5.21. The van der Waals surface area contributed by atoms with E-state index in [1.165, 1.54) is 0 Å². The summed E-state index contributed by atoms with van der Waals surface area (Å²) in [5.41, 5.74) is 1.57. The second-order valence-electron chi connectivity index (χ2n) is 3.64. The number of rotatable bonds is 3. The molecule has 0 saturated carbocycles. The third kappa shape index (κ3) is 3.15. The Balaban J connectivity index is 2.12. The Morgan fingerprint density at radius 2 is 2.00 bits per heavy atom. The van der Waals surface area contributed by atoms with Gasteiger partial charge in [-0.3, -0.25) is 0 Å². The summed E-state index contributed by atoms with van der Waals surface area (Å²) in [4.78, 5) is 0. The van der Waals surface area contributed by atoms with Gasteiger partial charge >= 0.3 is 0 Å². The van der Waals surface area contributed by atoms with E-state index in [0.717, 1.165) is 14.9 Å². The van der Waals surface area contributed by atoms with E-state index in [1.54, 1.807) is 18.2 Å². The zero-order valence-corrected chi connectivity index (χ0v) is 12.3. The predicted molar refractivity (Wildman–Crippen MR) is 79.7 cm³/mol. The lowest BCUT2D eigenvalue weighted by molar-refractivity contribution is 0.304. The van der Waals surface area contributed by atoms with Gasteiger partial charge in [0.05, 0.1) is 15.2 Å². The molecule has 0 fully saturated rings. The summed E-state index contributed by atoms with van der Waals surface area (Å²) in [5, 5.41) is 9.48. The summed E-state index contributed by atoms with van der Waals surface area (Å²) in [5.74, 6) is 0.759. The molecular weight excluding hydrogens is 361 g/mol. The van der Waals surface area contributed by atoms with Crippen LogP contribution in [0.15, 0.2) is 42.5 Å². The first-order valence-electron chi connectivity index (χ1n) is 5.26. The van der Waals surface area contributed by atoms with Gasteiger partial charge in [-0.25, -0.2) is 0 Å². The van der Waals surface area contributed by atoms with Crippen molar-refractivity contribution in [3.05, 3.63) is 62.2 Å². The van der Waals surface area contributed by atoms with Crippen LogP contribution in [0.4, 0.5) is 0 Å². The number of hydrogen-bond acceptors (Lipinski definition) is 2. The molecule has 0 aliphatic rings. The van der Waals surface area contributed by atoms with E-state index in [0.29, 0.717) is 17.2 Å². The fourth-order valence-electron chi connectivity index (χ4n) is 1.46. The number of nitrogens with zero attached hydrogens (tertiary/aromatic N) is 1. The number of hydrogen-bond donors (Lipinski definition) is 0. The quantitative estimate of drug-likeness (QED) is 0.752. The van der Waals surface area contributed by atoms with Crippen LogP contribution < -0.4 is 4.74 Å². The van der Waals surface area contributed by atoms with E-state index in [2.05, 4.69) is 28.7 Å². The maximum absolute atomic E-state index is 8.79. The Labute approximate surface area is 124 Å². The first-order valence-corrected chi connectivity index (χ1v) is 6.72. The molecule has 2 aromatic rings. The van der Waals surface area contributed by atoms with Crippen molar-refractivity contribution < 1.29 is 4.74 Å². The highest BCUT2D eigenvalue weighted by Gasteiger charge is 2.04. The Morgan fingerprint density at radius 3 is 2.67 bits per heavy atom. The van der Waals surface area contributed by atoms with Gasteiger partial charge in [0.15, 0.2) is 0 Å². The molecule has 2 nitrogen and oxygen atoms in total. The minimum absolute atomic E-state index is 0.418. The van der Waals surface area contributed by atoms with Crippen LogP contribution in [0.3, 0.4) is 0 Å². The van der Waals surface area contributed by atoms with E-state index in [4.69, 9.17) is 21.6 Å². The van der Waals surface area contributed by atoms with Gasteiger partial charge in [0.25, 0.3) is 0 Å². The Morgan fingerprint density at radius 1 is 1.22 bits per heavy atom. The molecule has 0 aliphatic heterocycles. The summed E-state index contributed by atoms with van der Waals surface area (Å²) < 4.78 is 6.62. The van der Waals surface area contributed by atoms with Crippen molar-refractivity contribution in [1.29, 1.82) is 5.26 Å². The van der Waals surface area contributed by atoms with Crippen LogP contribution >= 0.6 is 34.2 Å². The summed E-state index contributed by atoms with van der Waals surface area (Å²) in [7, 11) is 0. The molecule has 0 aliphatic carbocycles. The van der Waals surface area contributed by atoms with Crippen molar-refractivity contribution in [2.75, 3.05) is 0 Å². The largest absolute Gasteiger partial charge is 0.488 e. The molecule has 0 aromatic heterocycles. The topological polar surface area (TPSA) is 33.0 Å². The molecule has 0 saturated heterocycles. The van der Waals surface area contributed by atoms with Gasteiger partial charge in [-0.2, -0.15) is 5.26 Å². The van der Waals surface area contributed by atoms with Gasteiger partial charge in [0.2, 0.25) is 0 Å². The Bertz CT molecular complexity index is 607. The van der Waals surface area contributed by atoms with Gasteiger partial charge < -0.3 is 4.74 Å². The van der Waals surface area contributed by atoms with Crippen LogP contribution in [0.25, 0.3) is 0 Å². The molecule has 0 radical (unpaired) electrons. The monoisotopic (exact) mass is 369 g/mol. The predicted octanol–water partition coefficient (Wildman–Crippen LogP) is 4.40. The number of halogens is 2. The molecule has 0 amide bonds. The molecule has 0 heterocycles. The highest BCUT2D eigenvalue weighted by Crippen LogP contribution is 2.24. The lowest BCUT2D eigenvalue weighted by atomic mass is 10.2. The molecule has 0 unspecified atom stereocenters. The van der Waals surface area contributed by atoms with Gasteiger partial charge in [-0.1, -0.05) is 29.8 Å². The van der Waals surface area contributed by atoms with Crippen LogP contribution in [0.1, 0.15) is 11.1 Å². The highest BCUT2D eigenvalue weighted by molar-refractivity contribution is 14.1. The van der Waals surface area contributed by atoms with Crippen molar-refractivity contribution >= 4 is 34.2 Å². The summed E-state index contributed by atoms with van der Waals surface area (Å²) in [6.07, 6.45) is 0. The lowest BCUT2D eigenvalue weighted by Gasteiger charge is -2.09.